The van der Waals surface area contributed by atoms with Gasteiger partial charge in [0, 0.05) is 18.2 Å². The van der Waals surface area contributed by atoms with Gasteiger partial charge in [0.05, 0.1) is 12.4 Å². The quantitative estimate of drug-likeness (QED) is 0.451. The van der Waals surface area contributed by atoms with Gasteiger partial charge in [-0.15, -0.1) is 0 Å². The lowest BCUT2D eigenvalue weighted by molar-refractivity contribution is 0.151. The van der Waals surface area contributed by atoms with Gasteiger partial charge in [-0.3, -0.25) is 9.23 Å². The molecule has 0 heterocycles. The van der Waals surface area contributed by atoms with Crippen LogP contribution in [0.15, 0.2) is 5.16 Å². The molecule has 6 heteroatoms. The molecule has 0 atom stereocenters. The molecule has 15 heavy (non-hydrogen) atoms. The van der Waals surface area contributed by atoms with Crippen molar-refractivity contribution in [3.8, 4) is 0 Å². The van der Waals surface area contributed by atoms with Gasteiger partial charge >= 0.3 is 6.09 Å². The number of nitrogens with zero attached hydrogens (tertiary/aromatic N) is 1. The molecule has 0 spiro atoms. The molecule has 88 valence electrons. The number of hydrogen-bond donors (Lipinski definition) is 1. The van der Waals surface area contributed by atoms with Crippen LogP contribution < -0.4 is 5.32 Å². The SMILES string of the molecule is CNC(=O)ON=C(CSC)C(C)(C)CF. The second kappa shape index (κ2) is 6.66. The van der Waals surface area contributed by atoms with Crippen LogP contribution in [0.3, 0.4) is 0 Å². The van der Waals surface area contributed by atoms with Crippen LogP contribution in [0.2, 0.25) is 0 Å². The third kappa shape index (κ3) is 5.01. The van der Waals surface area contributed by atoms with E-state index in [0.29, 0.717) is 11.5 Å². The van der Waals surface area contributed by atoms with Crippen molar-refractivity contribution >= 4 is 23.6 Å². The summed E-state index contributed by atoms with van der Waals surface area (Å²) in [5.74, 6) is 0.536. The van der Waals surface area contributed by atoms with Crippen molar-refractivity contribution in [2.45, 2.75) is 13.8 Å². The summed E-state index contributed by atoms with van der Waals surface area (Å²) in [6, 6.07) is 0. The van der Waals surface area contributed by atoms with E-state index in [1.54, 1.807) is 13.8 Å². The molecular formula is C9H17FN2O2S. The number of carbonyl (C=O) groups excluding carboxylic acids is 1. The fourth-order valence-electron chi connectivity index (χ4n) is 0.701. The number of nitrogens with one attached hydrogen (secondary N) is 1. The van der Waals surface area contributed by atoms with Gasteiger partial charge in [-0.2, -0.15) is 11.8 Å². The van der Waals surface area contributed by atoms with Crippen LogP contribution in [0, 0.1) is 5.41 Å². The predicted molar refractivity (Wildman–Crippen MR) is 61.1 cm³/mol. The maximum absolute atomic E-state index is 12.7. The third-order valence-corrected chi connectivity index (χ3v) is 2.40. The van der Waals surface area contributed by atoms with Crippen molar-refractivity contribution < 1.29 is 14.0 Å². The molecule has 0 radical (unpaired) electrons. The predicted octanol–water partition coefficient (Wildman–Crippen LogP) is 2.06. The van der Waals surface area contributed by atoms with Crippen LogP contribution in [0.5, 0.6) is 0 Å². The number of halogens is 1. The summed E-state index contributed by atoms with van der Waals surface area (Å²) in [6.07, 6.45) is 1.23. The number of amides is 1. The molecule has 0 saturated heterocycles. The molecule has 0 fully saturated rings. The number of carbonyl (C=O) groups is 1. The Bertz CT molecular complexity index is 244. The van der Waals surface area contributed by atoms with Crippen molar-refractivity contribution in [1.82, 2.24) is 5.32 Å². The minimum atomic E-state index is -0.697. The Balaban J connectivity index is 4.57. The second-order valence-corrected chi connectivity index (χ2v) is 4.48. The van der Waals surface area contributed by atoms with E-state index in [-0.39, 0.29) is 0 Å². The van der Waals surface area contributed by atoms with Crippen molar-refractivity contribution in [1.29, 1.82) is 0 Å². The van der Waals surface area contributed by atoms with E-state index < -0.39 is 18.2 Å². The number of hydrogen-bond acceptors (Lipinski definition) is 4. The third-order valence-electron chi connectivity index (χ3n) is 1.84. The maximum atomic E-state index is 12.7. The molecule has 0 unspecified atom stereocenters. The molecule has 0 aromatic heterocycles. The van der Waals surface area contributed by atoms with Gasteiger partial charge in [-0.05, 0) is 6.26 Å². The van der Waals surface area contributed by atoms with Crippen molar-refractivity contribution in [2.75, 3.05) is 25.7 Å². The Labute approximate surface area is 93.6 Å². The van der Waals surface area contributed by atoms with Crippen LogP contribution in [-0.4, -0.2) is 37.5 Å². The van der Waals surface area contributed by atoms with E-state index in [9.17, 15) is 9.18 Å². The van der Waals surface area contributed by atoms with E-state index in [1.165, 1.54) is 18.8 Å². The first-order valence-electron chi connectivity index (χ1n) is 4.49. The lowest BCUT2D eigenvalue weighted by atomic mass is 9.90. The fraction of sp³-hybridized carbons (Fsp3) is 0.778. The Hall–Kier alpha value is -0.780. The van der Waals surface area contributed by atoms with Gasteiger partial charge in [0.15, 0.2) is 0 Å². The average Bonchev–Trinajstić information content (AvgIpc) is 2.23. The highest BCUT2D eigenvalue weighted by molar-refractivity contribution is 7.99. The molecule has 0 aliphatic rings. The molecule has 4 nitrogen and oxygen atoms in total. The maximum Gasteiger partial charge on any atom is 0.433 e. The Morgan fingerprint density at radius 2 is 2.20 bits per heavy atom. The van der Waals surface area contributed by atoms with Gasteiger partial charge in [-0.25, -0.2) is 4.79 Å². The Kier molecular flexibility index (Phi) is 6.31. The van der Waals surface area contributed by atoms with Crippen LogP contribution in [0.25, 0.3) is 0 Å². The molecule has 0 aliphatic heterocycles. The fourth-order valence-corrected chi connectivity index (χ4v) is 1.42. The van der Waals surface area contributed by atoms with Crippen molar-refractivity contribution in [3.63, 3.8) is 0 Å². The number of oxime groups is 1. The van der Waals surface area contributed by atoms with Crippen LogP contribution >= 0.6 is 11.8 Å². The standard InChI is InChI=1S/C9H17FN2O2S/c1-9(2,6-10)7(5-15-4)12-14-8(13)11-3/h5-6H2,1-4H3,(H,11,13). The summed E-state index contributed by atoms with van der Waals surface area (Å²) in [4.78, 5) is 15.3. The first kappa shape index (κ1) is 14.2. The first-order chi connectivity index (χ1) is 6.97. The number of rotatable bonds is 5. The molecule has 0 rings (SSSR count). The van der Waals surface area contributed by atoms with E-state index >= 15 is 0 Å². The zero-order valence-electron chi connectivity index (χ0n) is 9.46. The highest BCUT2D eigenvalue weighted by Crippen LogP contribution is 2.20. The number of alkyl halides is 1. The van der Waals surface area contributed by atoms with Crippen molar-refractivity contribution in [2.24, 2.45) is 10.6 Å². The smallest absolute Gasteiger partial charge is 0.323 e. The zero-order valence-corrected chi connectivity index (χ0v) is 10.3. The summed E-state index contributed by atoms with van der Waals surface area (Å²) in [5, 5.41) is 5.93. The van der Waals surface area contributed by atoms with Gasteiger partial charge in [-0.1, -0.05) is 19.0 Å². The van der Waals surface area contributed by atoms with Gasteiger partial charge in [0.1, 0.15) is 0 Å². The molecule has 0 bridgehead atoms. The van der Waals surface area contributed by atoms with E-state index in [0.717, 1.165) is 0 Å². The Morgan fingerprint density at radius 1 is 1.60 bits per heavy atom. The molecule has 1 N–H and O–H groups in total. The Morgan fingerprint density at radius 3 is 2.60 bits per heavy atom. The molecule has 1 amide bonds. The van der Waals surface area contributed by atoms with Crippen molar-refractivity contribution in [3.05, 3.63) is 0 Å². The molecule has 0 saturated carbocycles. The van der Waals surface area contributed by atoms with Gasteiger partial charge in [0.25, 0.3) is 0 Å². The molecule has 0 aromatic carbocycles. The topological polar surface area (TPSA) is 50.7 Å². The average molecular weight is 236 g/mol. The summed E-state index contributed by atoms with van der Waals surface area (Å²) in [6.45, 7) is 2.90. The van der Waals surface area contributed by atoms with Crippen LogP contribution in [0.4, 0.5) is 9.18 Å². The number of thioether (sulfide) groups is 1. The van der Waals surface area contributed by atoms with E-state index in [1.807, 2.05) is 6.26 Å². The summed E-state index contributed by atoms with van der Waals surface area (Å²) < 4.78 is 12.7. The molecule has 0 aliphatic carbocycles. The second-order valence-electron chi connectivity index (χ2n) is 3.62. The van der Waals surface area contributed by atoms with Crippen LogP contribution in [-0.2, 0) is 4.84 Å². The summed E-state index contributed by atoms with van der Waals surface area (Å²) >= 11 is 1.50. The minimum absolute atomic E-state index is 0.529. The monoisotopic (exact) mass is 236 g/mol. The lowest BCUT2D eigenvalue weighted by Crippen LogP contribution is -2.29. The lowest BCUT2D eigenvalue weighted by Gasteiger charge is -2.21. The highest BCUT2D eigenvalue weighted by Gasteiger charge is 2.25. The van der Waals surface area contributed by atoms with Gasteiger partial charge in [0.2, 0.25) is 0 Å². The van der Waals surface area contributed by atoms with E-state index in [4.69, 9.17) is 0 Å². The first-order valence-corrected chi connectivity index (χ1v) is 5.88. The van der Waals surface area contributed by atoms with Gasteiger partial charge < -0.3 is 5.32 Å². The zero-order chi connectivity index (χ0) is 11.9. The largest absolute Gasteiger partial charge is 0.433 e. The highest BCUT2D eigenvalue weighted by atomic mass is 32.2. The minimum Gasteiger partial charge on any atom is -0.323 e. The summed E-state index contributed by atoms with van der Waals surface area (Å²) in [7, 11) is 1.44. The summed E-state index contributed by atoms with van der Waals surface area (Å²) in [5.41, 5.74) is -0.169. The van der Waals surface area contributed by atoms with E-state index in [2.05, 4.69) is 15.3 Å². The molecular weight excluding hydrogens is 219 g/mol. The normalized spacial score (nSPS) is 12.5. The van der Waals surface area contributed by atoms with Crippen LogP contribution in [0.1, 0.15) is 13.8 Å². The molecule has 0 aromatic rings.